The summed E-state index contributed by atoms with van der Waals surface area (Å²) in [6.45, 7) is 1.86. The van der Waals surface area contributed by atoms with Crippen molar-refractivity contribution in [3.63, 3.8) is 0 Å². The van der Waals surface area contributed by atoms with E-state index in [0.717, 1.165) is 18.6 Å². The first-order chi connectivity index (χ1) is 6.30. The third-order valence-electron chi connectivity index (χ3n) is 1.84. The van der Waals surface area contributed by atoms with Gasteiger partial charge in [-0.05, 0) is 0 Å². The molecule has 0 aromatic heterocycles. The van der Waals surface area contributed by atoms with Crippen molar-refractivity contribution in [3.05, 3.63) is 29.8 Å². The van der Waals surface area contributed by atoms with E-state index < -0.39 is 13.2 Å². The second-order valence-electron chi connectivity index (χ2n) is 3.14. The summed E-state index contributed by atoms with van der Waals surface area (Å²) in [5.74, 6) is 0. The number of hydrogen-bond acceptors (Lipinski definition) is 0. The van der Waals surface area contributed by atoms with E-state index in [9.17, 15) is 16.8 Å². The van der Waals surface area contributed by atoms with Crippen molar-refractivity contribution >= 4 is 13.2 Å². The van der Waals surface area contributed by atoms with Crippen molar-refractivity contribution in [3.8, 4) is 0 Å². The zero-order valence-corrected chi connectivity index (χ0v) is 8.58. The summed E-state index contributed by atoms with van der Waals surface area (Å²) in [5, 5.41) is -1.11. The molecule has 0 amide bonds. The van der Waals surface area contributed by atoms with Gasteiger partial charge in [0, 0.05) is 0 Å². The number of benzene rings is 1. The predicted molar refractivity (Wildman–Crippen MR) is 51.4 cm³/mol. The standard InChI is InChI=1S/C9H11F4P/c1-2-4-8-5-3-6-9(7-8)14(10,11,12)13/h3,5-7H,2,4H2,1H3. The van der Waals surface area contributed by atoms with E-state index in [1.807, 2.05) is 6.92 Å². The van der Waals surface area contributed by atoms with Gasteiger partial charge in [-0.3, -0.25) is 0 Å². The third kappa shape index (κ3) is 2.95. The molecule has 0 aliphatic heterocycles. The van der Waals surface area contributed by atoms with Crippen molar-refractivity contribution in [2.24, 2.45) is 0 Å². The topological polar surface area (TPSA) is 0 Å². The minimum absolute atomic E-state index is 0.532. The number of halogens is 4. The molecule has 0 fully saturated rings. The first-order valence-corrected chi connectivity index (χ1v) is 6.08. The summed E-state index contributed by atoms with van der Waals surface area (Å²) in [4.78, 5) is 0. The van der Waals surface area contributed by atoms with E-state index in [0.29, 0.717) is 12.0 Å². The average Bonchev–Trinajstić information content (AvgIpc) is 2.02. The Balaban J connectivity index is 3.07. The monoisotopic (exact) mass is 226 g/mol. The summed E-state index contributed by atoms with van der Waals surface area (Å²) < 4.78 is 49.4. The zero-order valence-electron chi connectivity index (χ0n) is 7.68. The fraction of sp³-hybridized carbons (Fsp3) is 0.333. The molecule has 80 valence electrons. The Bertz CT molecular complexity index is 320. The van der Waals surface area contributed by atoms with Gasteiger partial charge in [-0.2, -0.15) is 0 Å². The molecule has 0 atom stereocenters. The second kappa shape index (κ2) is 3.50. The Hall–Kier alpha value is -0.630. The van der Waals surface area contributed by atoms with Gasteiger partial charge in [-0.1, -0.05) is 0 Å². The van der Waals surface area contributed by atoms with Crippen LogP contribution in [-0.4, -0.2) is 0 Å². The van der Waals surface area contributed by atoms with Gasteiger partial charge in [0.2, 0.25) is 0 Å². The Morgan fingerprint density at radius 1 is 1.14 bits per heavy atom. The number of rotatable bonds is 3. The molecule has 0 radical (unpaired) electrons. The molecule has 0 nitrogen and oxygen atoms in total. The number of hydrogen-bond donors (Lipinski definition) is 0. The predicted octanol–water partition coefficient (Wildman–Crippen LogP) is 4.36. The first kappa shape index (κ1) is 11.4. The molecule has 0 spiro atoms. The summed E-state index contributed by atoms with van der Waals surface area (Å²) in [6.07, 6.45) is 1.29. The van der Waals surface area contributed by atoms with Crippen LogP contribution in [0.2, 0.25) is 0 Å². The summed E-state index contributed by atoms with van der Waals surface area (Å²) >= 11 is 0. The van der Waals surface area contributed by atoms with E-state index in [1.165, 1.54) is 6.07 Å². The van der Waals surface area contributed by atoms with Crippen molar-refractivity contribution < 1.29 is 16.8 Å². The van der Waals surface area contributed by atoms with Crippen molar-refractivity contribution in [1.82, 2.24) is 0 Å². The average molecular weight is 226 g/mol. The Labute approximate surface area is 80.3 Å². The second-order valence-corrected chi connectivity index (χ2v) is 5.10. The normalized spacial score (nSPS) is 14.8. The molecule has 0 heterocycles. The molecule has 0 aliphatic carbocycles. The Morgan fingerprint density at radius 2 is 1.79 bits per heavy atom. The molecule has 14 heavy (non-hydrogen) atoms. The molecular formula is C9H11F4P. The van der Waals surface area contributed by atoms with Gasteiger partial charge in [0.25, 0.3) is 0 Å². The summed E-state index contributed by atoms with van der Waals surface area (Å²) in [7, 11) is -7.56. The van der Waals surface area contributed by atoms with Gasteiger partial charge >= 0.3 is 79.5 Å². The van der Waals surface area contributed by atoms with Gasteiger partial charge < -0.3 is 0 Å². The molecule has 0 aliphatic rings. The maximum atomic E-state index is 12.4. The third-order valence-corrected chi connectivity index (χ3v) is 2.90. The Morgan fingerprint density at radius 3 is 2.29 bits per heavy atom. The fourth-order valence-corrected chi connectivity index (χ4v) is 1.88. The van der Waals surface area contributed by atoms with E-state index in [-0.39, 0.29) is 0 Å². The Kier molecular flexibility index (Phi) is 2.86. The molecule has 5 heteroatoms. The van der Waals surface area contributed by atoms with Crippen LogP contribution >= 0.6 is 7.85 Å². The molecule has 1 aromatic rings. The molecule has 0 saturated heterocycles. The molecule has 0 saturated carbocycles. The van der Waals surface area contributed by atoms with Gasteiger partial charge in [-0.25, -0.2) is 0 Å². The van der Waals surface area contributed by atoms with Gasteiger partial charge in [0.05, 0.1) is 0 Å². The molecule has 1 aromatic carbocycles. The van der Waals surface area contributed by atoms with Gasteiger partial charge in [0.1, 0.15) is 0 Å². The van der Waals surface area contributed by atoms with Crippen LogP contribution in [0.25, 0.3) is 0 Å². The summed E-state index contributed by atoms with van der Waals surface area (Å²) in [5.41, 5.74) is 0.532. The van der Waals surface area contributed by atoms with Crippen molar-refractivity contribution in [2.45, 2.75) is 19.8 Å². The minimum atomic E-state index is -7.56. The maximum absolute atomic E-state index is 12.4. The van der Waals surface area contributed by atoms with E-state index in [4.69, 9.17) is 0 Å². The van der Waals surface area contributed by atoms with Crippen molar-refractivity contribution in [2.75, 3.05) is 0 Å². The SMILES string of the molecule is CCCc1cccc(P(F)(F)(F)F)c1. The molecule has 0 N–H and O–H groups in total. The van der Waals surface area contributed by atoms with E-state index in [1.54, 1.807) is 6.07 Å². The van der Waals surface area contributed by atoms with Gasteiger partial charge in [0.15, 0.2) is 0 Å². The molecule has 1 rings (SSSR count). The van der Waals surface area contributed by atoms with Crippen LogP contribution in [0.15, 0.2) is 24.3 Å². The quantitative estimate of drug-likeness (QED) is 0.530. The zero-order chi connectivity index (χ0) is 10.8. The number of aryl methyl sites for hydroxylation is 1. The fourth-order valence-electron chi connectivity index (χ4n) is 1.21. The van der Waals surface area contributed by atoms with Crippen LogP contribution in [0.4, 0.5) is 16.8 Å². The van der Waals surface area contributed by atoms with Crippen molar-refractivity contribution in [1.29, 1.82) is 0 Å². The van der Waals surface area contributed by atoms with E-state index >= 15 is 0 Å². The molecular weight excluding hydrogens is 215 g/mol. The van der Waals surface area contributed by atoms with Crippen LogP contribution in [0, 0.1) is 0 Å². The molecule has 0 bridgehead atoms. The van der Waals surface area contributed by atoms with Crippen LogP contribution < -0.4 is 5.30 Å². The van der Waals surface area contributed by atoms with Crippen LogP contribution in [0.3, 0.4) is 0 Å². The van der Waals surface area contributed by atoms with Gasteiger partial charge in [-0.15, -0.1) is 0 Å². The van der Waals surface area contributed by atoms with Crippen LogP contribution in [-0.2, 0) is 6.42 Å². The summed E-state index contributed by atoms with van der Waals surface area (Å²) in [6, 6.07) is 4.52. The van der Waals surface area contributed by atoms with Crippen LogP contribution in [0.1, 0.15) is 18.9 Å². The van der Waals surface area contributed by atoms with Crippen LogP contribution in [0.5, 0.6) is 0 Å². The van der Waals surface area contributed by atoms with E-state index in [2.05, 4.69) is 0 Å². The first-order valence-electron chi connectivity index (χ1n) is 4.28. The molecule has 0 unspecified atom stereocenters.